The van der Waals surface area contributed by atoms with Crippen molar-refractivity contribution in [3.8, 4) is 0 Å². The Labute approximate surface area is 189 Å². The SMILES string of the molecule is CCc1c(C)nc2ncnn2c1Sc1ccc(NC(=O)Nc2cccc(Cl)c2C)cc1. The summed E-state index contributed by atoms with van der Waals surface area (Å²) in [5, 5.41) is 11.6. The zero-order valence-electron chi connectivity index (χ0n) is 17.3. The van der Waals surface area contributed by atoms with Crippen LogP contribution in [-0.2, 0) is 6.42 Å². The summed E-state index contributed by atoms with van der Waals surface area (Å²) < 4.78 is 1.77. The van der Waals surface area contributed by atoms with Gasteiger partial charge in [-0.3, -0.25) is 0 Å². The van der Waals surface area contributed by atoms with Crippen molar-refractivity contribution >= 4 is 46.5 Å². The van der Waals surface area contributed by atoms with Crippen LogP contribution >= 0.6 is 23.4 Å². The fourth-order valence-corrected chi connectivity index (χ4v) is 4.51. The van der Waals surface area contributed by atoms with Crippen molar-refractivity contribution in [1.29, 1.82) is 0 Å². The number of hydrogen-bond donors (Lipinski definition) is 2. The Hall–Kier alpha value is -3.10. The van der Waals surface area contributed by atoms with Gasteiger partial charge in [0.15, 0.2) is 0 Å². The molecule has 158 valence electrons. The Morgan fingerprint density at radius 2 is 1.90 bits per heavy atom. The first-order chi connectivity index (χ1) is 15.0. The average Bonchev–Trinajstić information content (AvgIpc) is 3.21. The lowest BCUT2D eigenvalue weighted by Crippen LogP contribution is -2.19. The van der Waals surface area contributed by atoms with Gasteiger partial charge in [-0.1, -0.05) is 36.4 Å². The molecule has 0 aliphatic heterocycles. The molecule has 0 unspecified atom stereocenters. The monoisotopic (exact) mass is 452 g/mol. The molecule has 0 atom stereocenters. The maximum Gasteiger partial charge on any atom is 0.323 e. The molecule has 0 aliphatic rings. The number of fused-ring (bicyclic) bond motifs is 1. The number of hydrogen-bond acceptors (Lipinski definition) is 5. The predicted octanol–water partition coefficient (Wildman–Crippen LogP) is 5.75. The van der Waals surface area contributed by atoms with Gasteiger partial charge in [0.05, 0.1) is 0 Å². The molecule has 0 saturated carbocycles. The molecule has 0 saturated heterocycles. The number of aromatic nitrogens is 4. The molecule has 0 spiro atoms. The van der Waals surface area contributed by atoms with Crippen molar-refractivity contribution in [2.24, 2.45) is 0 Å². The van der Waals surface area contributed by atoms with Crippen LogP contribution in [0.1, 0.15) is 23.7 Å². The topological polar surface area (TPSA) is 84.2 Å². The molecule has 4 aromatic rings. The molecule has 2 aromatic heterocycles. The lowest BCUT2D eigenvalue weighted by atomic mass is 10.2. The van der Waals surface area contributed by atoms with Crippen LogP contribution in [0.15, 0.2) is 58.7 Å². The van der Waals surface area contributed by atoms with E-state index in [1.54, 1.807) is 28.4 Å². The van der Waals surface area contributed by atoms with Crippen LogP contribution in [0.2, 0.25) is 5.02 Å². The van der Waals surface area contributed by atoms with E-state index in [9.17, 15) is 4.79 Å². The van der Waals surface area contributed by atoms with Crippen molar-refractivity contribution in [2.45, 2.75) is 37.1 Å². The van der Waals surface area contributed by atoms with Crippen LogP contribution in [-0.4, -0.2) is 25.6 Å². The zero-order chi connectivity index (χ0) is 22.0. The predicted molar refractivity (Wildman–Crippen MR) is 124 cm³/mol. The number of urea groups is 1. The van der Waals surface area contributed by atoms with Crippen molar-refractivity contribution in [3.05, 3.63) is 70.6 Å². The van der Waals surface area contributed by atoms with Crippen LogP contribution in [0.5, 0.6) is 0 Å². The number of carbonyl (C=O) groups excluding carboxylic acids is 1. The summed E-state index contributed by atoms with van der Waals surface area (Å²) in [4.78, 5) is 22.1. The average molecular weight is 453 g/mol. The highest BCUT2D eigenvalue weighted by Crippen LogP contribution is 2.32. The third kappa shape index (κ3) is 4.50. The Morgan fingerprint density at radius 3 is 2.65 bits per heavy atom. The third-order valence-electron chi connectivity index (χ3n) is 4.88. The Kier molecular flexibility index (Phi) is 6.11. The zero-order valence-corrected chi connectivity index (χ0v) is 18.9. The van der Waals surface area contributed by atoms with Gasteiger partial charge >= 0.3 is 6.03 Å². The minimum Gasteiger partial charge on any atom is -0.308 e. The van der Waals surface area contributed by atoms with E-state index in [0.29, 0.717) is 22.2 Å². The highest BCUT2D eigenvalue weighted by Gasteiger charge is 2.14. The highest BCUT2D eigenvalue weighted by atomic mass is 35.5. The fourth-order valence-electron chi connectivity index (χ4n) is 3.21. The molecule has 0 aliphatic carbocycles. The first kappa shape index (κ1) is 21.1. The van der Waals surface area contributed by atoms with Gasteiger partial charge in [-0.25, -0.2) is 9.78 Å². The lowest BCUT2D eigenvalue weighted by Gasteiger charge is -2.13. The quantitative estimate of drug-likeness (QED) is 0.376. The number of amides is 2. The molecular weight excluding hydrogens is 432 g/mol. The molecule has 31 heavy (non-hydrogen) atoms. The summed E-state index contributed by atoms with van der Waals surface area (Å²) in [7, 11) is 0. The number of nitrogens with zero attached hydrogens (tertiary/aromatic N) is 4. The van der Waals surface area contributed by atoms with Gasteiger partial charge < -0.3 is 10.6 Å². The molecule has 0 radical (unpaired) electrons. The Morgan fingerprint density at radius 1 is 1.13 bits per heavy atom. The first-order valence-corrected chi connectivity index (χ1v) is 11.0. The summed E-state index contributed by atoms with van der Waals surface area (Å²) >= 11 is 7.71. The number of nitrogens with one attached hydrogen (secondary N) is 2. The molecule has 4 rings (SSSR count). The molecule has 2 amide bonds. The third-order valence-corrected chi connectivity index (χ3v) is 6.41. The number of aryl methyl sites for hydroxylation is 1. The van der Waals surface area contributed by atoms with Crippen LogP contribution in [0.25, 0.3) is 5.78 Å². The van der Waals surface area contributed by atoms with Gasteiger partial charge in [-0.2, -0.15) is 14.6 Å². The standard InChI is InChI=1S/C22H21ClN6OS/c1-4-17-14(3)26-21-24-12-25-29(21)20(17)31-16-10-8-15(9-11-16)27-22(30)28-19-7-5-6-18(23)13(19)2/h5-12H,4H2,1-3H3,(H2,27,28,30). The van der Waals surface area contributed by atoms with E-state index in [-0.39, 0.29) is 6.03 Å². The van der Waals surface area contributed by atoms with Crippen LogP contribution in [0.3, 0.4) is 0 Å². The minimum atomic E-state index is -0.326. The fraction of sp³-hybridized carbons (Fsp3) is 0.182. The Bertz CT molecular complexity index is 1260. The molecule has 2 heterocycles. The smallest absolute Gasteiger partial charge is 0.308 e. The van der Waals surface area contributed by atoms with Crippen molar-refractivity contribution in [1.82, 2.24) is 19.6 Å². The van der Waals surface area contributed by atoms with Gasteiger partial charge in [0.1, 0.15) is 11.4 Å². The van der Waals surface area contributed by atoms with Crippen LogP contribution < -0.4 is 10.6 Å². The van der Waals surface area contributed by atoms with Crippen molar-refractivity contribution < 1.29 is 4.79 Å². The second kappa shape index (κ2) is 8.95. The van der Waals surface area contributed by atoms with E-state index in [1.165, 1.54) is 6.33 Å². The molecule has 9 heteroatoms. The molecule has 7 nitrogen and oxygen atoms in total. The molecule has 0 fully saturated rings. The highest BCUT2D eigenvalue weighted by molar-refractivity contribution is 7.99. The summed E-state index contributed by atoms with van der Waals surface area (Å²) in [6.07, 6.45) is 2.36. The number of halogens is 1. The van der Waals surface area contributed by atoms with Crippen LogP contribution in [0.4, 0.5) is 16.2 Å². The summed E-state index contributed by atoms with van der Waals surface area (Å²) in [6, 6.07) is 12.7. The van der Waals surface area contributed by atoms with Gasteiger partial charge in [0.2, 0.25) is 0 Å². The molecule has 2 N–H and O–H groups in total. The first-order valence-electron chi connectivity index (χ1n) is 9.76. The van der Waals surface area contributed by atoms with E-state index in [1.807, 2.05) is 44.2 Å². The number of anilines is 2. The molecule has 2 aromatic carbocycles. The lowest BCUT2D eigenvalue weighted by molar-refractivity contribution is 0.262. The van der Waals surface area contributed by atoms with E-state index in [0.717, 1.165) is 33.2 Å². The van der Waals surface area contributed by atoms with E-state index < -0.39 is 0 Å². The number of rotatable bonds is 5. The summed E-state index contributed by atoms with van der Waals surface area (Å²) in [5.74, 6) is 0.587. The number of carbonyl (C=O) groups is 1. The summed E-state index contributed by atoms with van der Waals surface area (Å²) in [6.45, 7) is 5.95. The second-order valence-corrected chi connectivity index (χ2v) is 8.39. The summed E-state index contributed by atoms with van der Waals surface area (Å²) in [5.41, 5.74) is 4.28. The normalized spacial score (nSPS) is 11.0. The van der Waals surface area contributed by atoms with Gasteiger partial charge in [0.25, 0.3) is 5.78 Å². The minimum absolute atomic E-state index is 0.326. The van der Waals surface area contributed by atoms with E-state index in [4.69, 9.17) is 11.6 Å². The van der Waals surface area contributed by atoms with Gasteiger partial charge in [-0.15, -0.1) is 0 Å². The Balaban J connectivity index is 1.49. The largest absolute Gasteiger partial charge is 0.323 e. The van der Waals surface area contributed by atoms with E-state index in [2.05, 4.69) is 32.6 Å². The maximum absolute atomic E-state index is 12.4. The van der Waals surface area contributed by atoms with Crippen LogP contribution in [0, 0.1) is 13.8 Å². The second-order valence-electron chi connectivity index (χ2n) is 6.92. The molecular formula is C22H21ClN6OS. The van der Waals surface area contributed by atoms with E-state index >= 15 is 0 Å². The maximum atomic E-state index is 12.4. The number of benzene rings is 2. The van der Waals surface area contributed by atoms with Crippen molar-refractivity contribution in [3.63, 3.8) is 0 Å². The van der Waals surface area contributed by atoms with Gasteiger partial charge in [-0.05, 0) is 62.2 Å². The van der Waals surface area contributed by atoms with Crippen molar-refractivity contribution in [2.75, 3.05) is 10.6 Å². The van der Waals surface area contributed by atoms with Gasteiger partial charge in [0, 0.05) is 32.6 Å². The molecule has 0 bridgehead atoms.